The van der Waals surface area contributed by atoms with Gasteiger partial charge in [0, 0.05) is 12.0 Å². The Morgan fingerprint density at radius 2 is 1.26 bits per heavy atom. The Kier molecular flexibility index (Phi) is 17.3. The number of esters is 1. The lowest BCUT2D eigenvalue weighted by Crippen LogP contribution is -2.70. The van der Waals surface area contributed by atoms with Crippen LogP contribution in [0.25, 0.3) is 0 Å². The van der Waals surface area contributed by atoms with Crippen LogP contribution in [-0.4, -0.2) is 118 Å². The first-order chi connectivity index (χ1) is 36.6. The van der Waals surface area contributed by atoms with Gasteiger partial charge in [0.15, 0.2) is 27.0 Å². The minimum atomic E-state index is -2.79. The second-order valence-corrected chi connectivity index (χ2v) is 25.7. The molecule has 0 N–H and O–H groups in total. The third-order valence-electron chi connectivity index (χ3n) is 14.6. The molecule has 16 nitrogen and oxygen atoms in total. The molecule has 2 amide bonds. The van der Waals surface area contributed by atoms with Gasteiger partial charge in [-0.2, -0.15) is 0 Å². The second kappa shape index (κ2) is 24.0. The largest absolute Gasteiger partial charge is 0.497 e. The van der Waals surface area contributed by atoms with E-state index in [4.69, 9.17) is 51.8 Å². The van der Waals surface area contributed by atoms with Crippen LogP contribution in [0.2, 0.25) is 18.1 Å². The van der Waals surface area contributed by atoms with E-state index in [1.54, 1.807) is 55.6 Å². The Morgan fingerprint density at radius 3 is 1.87 bits per heavy atom. The number of ketones is 1. The zero-order valence-corrected chi connectivity index (χ0v) is 44.9. The molecule has 0 spiro atoms. The number of amides is 2. The molecule has 0 radical (unpaired) electrons. The van der Waals surface area contributed by atoms with Crippen LogP contribution < -0.4 is 9.47 Å². The fourth-order valence-electron chi connectivity index (χ4n) is 9.51. The molecular weight excluding hydrogens is 991 g/mol. The number of methoxy groups -OCH3 is 1. The SMILES string of the molecule is COc1ccc(O[C@@H]2O[C@H](COCc3ccccc3)[C@@H](O[C@@H]3O[C@@H]4COC(c5ccccc5)O[C@H]4[C@H](O[Si](C)(C)C(C)(C)C)[C@H]3OC(=O)CCC(C)=O)[C@H](OCc3ccccc3)[C@H]2N2C(=O)c3ccccc3C2=O)cc1. The molecule has 17 heteroatoms. The van der Waals surface area contributed by atoms with Crippen LogP contribution in [0.5, 0.6) is 11.5 Å². The monoisotopic (exact) mass is 1060 g/mol. The zero-order valence-electron chi connectivity index (χ0n) is 43.9. The third-order valence-corrected chi connectivity index (χ3v) is 19.0. The minimum absolute atomic E-state index is 0.0166. The van der Waals surface area contributed by atoms with Crippen molar-refractivity contribution in [1.82, 2.24) is 4.90 Å². The number of carbonyl (C=O) groups is 4. The van der Waals surface area contributed by atoms with Gasteiger partial charge in [-0.1, -0.05) is 124 Å². The summed E-state index contributed by atoms with van der Waals surface area (Å²) in [6.45, 7) is 12.0. The lowest BCUT2D eigenvalue weighted by molar-refractivity contribution is -0.381. The Hall–Kier alpha value is -6.12. The maximum Gasteiger partial charge on any atom is 0.306 e. The molecule has 4 aliphatic rings. The highest BCUT2D eigenvalue weighted by molar-refractivity contribution is 6.74. The number of fused-ring (bicyclic) bond motifs is 2. The van der Waals surface area contributed by atoms with Gasteiger partial charge in [-0.05, 0) is 72.6 Å². The summed E-state index contributed by atoms with van der Waals surface area (Å²) in [5, 5.41) is -0.336. The molecule has 5 aromatic carbocycles. The van der Waals surface area contributed by atoms with E-state index in [1.165, 1.54) is 6.92 Å². The average Bonchev–Trinajstić information content (AvgIpc) is 3.69. The topological polar surface area (TPSA) is 173 Å². The molecule has 4 aliphatic heterocycles. The summed E-state index contributed by atoms with van der Waals surface area (Å²) < 4.78 is 74.1. The zero-order chi connectivity index (χ0) is 53.6. The van der Waals surface area contributed by atoms with Crippen molar-refractivity contribution in [3.63, 3.8) is 0 Å². The van der Waals surface area contributed by atoms with Crippen LogP contribution in [0, 0.1) is 0 Å². The maximum absolute atomic E-state index is 14.9. The van der Waals surface area contributed by atoms with Crippen molar-refractivity contribution in [2.24, 2.45) is 0 Å². The van der Waals surface area contributed by atoms with Crippen LogP contribution in [-0.2, 0) is 65.1 Å². The highest BCUT2D eigenvalue weighted by atomic mass is 28.4. The number of ether oxygens (including phenoxy) is 10. The van der Waals surface area contributed by atoms with E-state index in [2.05, 4.69) is 33.9 Å². The van der Waals surface area contributed by atoms with Gasteiger partial charge >= 0.3 is 5.97 Å². The van der Waals surface area contributed by atoms with Gasteiger partial charge in [0.25, 0.3) is 11.8 Å². The summed E-state index contributed by atoms with van der Waals surface area (Å²) in [7, 11) is -1.23. The molecule has 0 saturated carbocycles. The number of Topliss-reactive ketones (excluding diaryl/α,β-unsaturated/α-hetero) is 1. The Morgan fingerprint density at radius 1 is 0.671 bits per heavy atom. The summed E-state index contributed by atoms with van der Waals surface area (Å²) in [5.74, 6) is -1.16. The quantitative estimate of drug-likeness (QED) is 0.0410. The third kappa shape index (κ3) is 12.5. The lowest BCUT2D eigenvalue weighted by Gasteiger charge is -2.53. The van der Waals surface area contributed by atoms with Crippen molar-refractivity contribution >= 4 is 31.9 Å². The number of carbonyl (C=O) groups excluding carboxylic acids is 4. The first kappa shape index (κ1) is 54.7. The molecule has 4 heterocycles. The summed E-state index contributed by atoms with van der Waals surface area (Å²) in [4.78, 5) is 57.3. The van der Waals surface area contributed by atoms with E-state index < -0.39 is 93.7 Å². The molecule has 1 unspecified atom stereocenters. The molecule has 9 rings (SSSR count). The number of imide groups is 1. The predicted molar refractivity (Wildman–Crippen MR) is 280 cm³/mol. The van der Waals surface area contributed by atoms with E-state index >= 15 is 0 Å². The fraction of sp³-hybridized carbons (Fsp3) is 0.424. The number of hydrogen-bond acceptors (Lipinski definition) is 15. The summed E-state index contributed by atoms with van der Waals surface area (Å²) in [6, 6.07) is 40.6. The van der Waals surface area contributed by atoms with E-state index in [1.807, 2.05) is 91.0 Å². The smallest absolute Gasteiger partial charge is 0.306 e. The van der Waals surface area contributed by atoms with Gasteiger partial charge in [0.2, 0.25) is 6.29 Å². The number of nitrogens with zero attached hydrogens (tertiary/aromatic N) is 1. The van der Waals surface area contributed by atoms with Gasteiger partial charge in [-0.15, -0.1) is 0 Å². The Labute approximate surface area is 444 Å². The van der Waals surface area contributed by atoms with Gasteiger partial charge < -0.3 is 56.6 Å². The molecule has 3 saturated heterocycles. The number of rotatable bonds is 20. The fourth-order valence-corrected chi connectivity index (χ4v) is 10.8. The molecule has 402 valence electrons. The van der Waals surface area contributed by atoms with Crippen molar-refractivity contribution in [3.05, 3.63) is 167 Å². The highest BCUT2D eigenvalue weighted by Crippen LogP contribution is 2.45. The van der Waals surface area contributed by atoms with Crippen molar-refractivity contribution in [2.75, 3.05) is 20.3 Å². The second-order valence-electron chi connectivity index (χ2n) is 20.9. The average molecular weight is 1060 g/mol. The van der Waals surface area contributed by atoms with Crippen LogP contribution in [0.1, 0.15) is 84.2 Å². The molecule has 0 bridgehead atoms. The standard InChI is InChI=1S/C59H67NO15Si/c1-37(61)27-32-47(62)72-53-52(75-76(6,7)59(2,3)4)50-46(36-68-56(73-50)40-23-15-10-16-24-40)71-58(53)74-49-45(35-66-33-38-19-11-8-12-20-38)70-57(69-42-30-28-41(65-5)29-31-42)48(51(49)67-34-39-21-13-9-14-22-39)60-54(63)43-25-17-18-26-44(43)55(60)64/h8-26,28-31,45-46,48-53,56-58H,27,32-36H2,1-7H3/t45-,46-,48-,49-,50-,51-,52+,53-,56?,57-,58+/m1/s1. The van der Waals surface area contributed by atoms with Gasteiger partial charge in [0.1, 0.15) is 59.9 Å². The van der Waals surface area contributed by atoms with Gasteiger partial charge in [-0.25, -0.2) is 0 Å². The first-order valence-corrected chi connectivity index (χ1v) is 28.7. The molecule has 0 aliphatic carbocycles. The van der Waals surface area contributed by atoms with E-state index in [-0.39, 0.29) is 61.2 Å². The molecule has 3 fully saturated rings. The summed E-state index contributed by atoms with van der Waals surface area (Å²) in [6.07, 6.45) is -11.6. The van der Waals surface area contributed by atoms with E-state index in [0.29, 0.717) is 11.5 Å². The molecule has 0 aromatic heterocycles. The van der Waals surface area contributed by atoms with Crippen molar-refractivity contribution in [1.29, 1.82) is 0 Å². The Bertz CT molecular complexity index is 2720. The minimum Gasteiger partial charge on any atom is -0.497 e. The number of benzene rings is 5. The molecule has 5 aromatic rings. The maximum atomic E-state index is 14.9. The molecular formula is C59H67NO15Si. The first-order valence-electron chi connectivity index (χ1n) is 25.8. The lowest BCUT2D eigenvalue weighted by atomic mass is 9.93. The highest BCUT2D eigenvalue weighted by Gasteiger charge is 2.60. The normalized spacial score (nSPS) is 26.6. The summed E-state index contributed by atoms with van der Waals surface area (Å²) >= 11 is 0. The van der Waals surface area contributed by atoms with Crippen LogP contribution in [0.15, 0.2) is 140 Å². The van der Waals surface area contributed by atoms with Gasteiger partial charge in [-0.3, -0.25) is 19.3 Å². The van der Waals surface area contributed by atoms with Crippen molar-refractivity contribution in [2.45, 2.75) is 140 Å². The number of hydrogen-bond donors (Lipinski definition) is 0. The van der Waals surface area contributed by atoms with E-state index in [9.17, 15) is 19.2 Å². The van der Waals surface area contributed by atoms with Crippen LogP contribution in [0.3, 0.4) is 0 Å². The van der Waals surface area contributed by atoms with Crippen LogP contribution >= 0.6 is 0 Å². The molecule has 76 heavy (non-hydrogen) atoms. The Balaban J connectivity index is 1.17. The predicted octanol–water partition coefficient (Wildman–Crippen LogP) is 9.16. The van der Waals surface area contributed by atoms with Crippen LogP contribution in [0.4, 0.5) is 0 Å². The van der Waals surface area contributed by atoms with Gasteiger partial charge in [0.05, 0.1) is 51.1 Å². The summed E-state index contributed by atoms with van der Waals surface area (Å²) in [5.41, 5.74) is 2.82. The van der Waals surface area contributed by atoms with Crippen molar-refractivity contribution < 1.29 is 71.0 Å². The van der Waals surface area contributed by atoms with Crippen molar-refractivity contribution in [3.8, 4) is 11.5 Å². The van der Waals surface area contributed by atoms with E-state index in [0.717, 1.165) is 21.6 Å². The molecule has 11 atom stereocenters.